The first kappa shape index (κ1) is 23.5. The summed E-state index contributed by atoms with van der Waals surface area (Å²) in [6, 6.07) is 8.25. The Hall–Kier alpha value is -2.13. The van der Waals surface area contributed by atoms with Gasteiger partial charge >= 0.3 is 0 Å². The van der Waals surface area contributed by atoms with Crippen LogP contribution >= 0.6 is 11.3 Å². The van der Waals surface area contributed by atoms with Crippen molar-refractivity contribution in [1.29, 1.82) is 0 Å². The molecule has 31 heavy (non-hydrogen) atoms. The zero-order valence-electron chi connectivity index (χ0n) is 17.2. The lowest BCUT2D eigenvalue weighted by atomic mass is 9.89. The van der Waals surface area contributed by atoms with Crippen LogP contribution in [0.1, 0.15) is 39.8 Å². The van der Waals surface area contributed by atoms with Crippen LogP contribution in [-0.2, 0) is 4.74 Å². The molecule has 1 saturated heterocycles. The van der Waals surface area contributed by atoms with Crippen LogP contribution in [0.3, 0.4) is 0 Å². The van der Waals surface area contributed by atoms with Crippen LogP contribution in [0.5, 0.6) is 0 Å². The summed E-state index contributed by atoms with van der Waals surface area (Å²) >= 11 is 1.52. The summed E-state index contributed by atoms with van der Waals surface area (Å²) in [5.41, 5.74) is 1.79. The highest BCUT2D eigenvalue weighted by molar-refractivity contribution is 7.13. The van der Waals surface area contributed by atoms with Crippen molar-refractivity contribution in [2.75, 3.05) is 6.61 Å². The molecule has 6 atom stereocenters. The van der Waals surface area contributed by atoms with Crippen LogP contribution in [0.4, 0.5) is 4.39 Å². The number of rotatable bonds is 7. The number of halogens is 1. The maximum atomic E-state index is 14.7. The largest absolute Gasteiger partial charge is 0.394 e. The van der Waals surface area contributed by atoms with E-state index in [9.17, 15) is 24.8 Å². The van der Waals surface area contributed by atoms with Crippen molar-refractivity contribution < 1.29 is 29.6 Å². The molecular weight excluding hydrogens is 419 g/mol. The summed E-state index contributed by atoms with van der Waals surface area (Å²) in [4.78, 5) is 1.93. The maximum Gasteiger partial charge on any atom is 0.127 e. The lowest BCUT2D eigenvalue weighted by molar-refractivity contribution is -0.231. The molecule has 6 unspecified atom stereocenters. The van der Waals surface area contributed by atoms with Gasteiger partial charge in [-0.2, -0.15) is 0 Å². The van der Waals surface area contributed by atoms with Gasteiger partial charge in [0.05, 0.1) is 6.61 Å². The average Bonchev–Trinajstić information content (AvgIpc) is 3.26. The zero-order chi connectivity index (χ0) is 22.7. The van der Waals surface area contributed by atoms with Gasteiger partial charge in [-0.25, -0.2) is 4.39 Å². The SMILES string of the molecule is C=CC=C(C=C)c1ccc(C(C)c2cc(C3OC(CO)C(O)C(O)C3O)ccc2F)s1. The van der Waals surface area contributed by atoms with E-state index >= 15 is 0 Å². The Labute approximate surface area is 185 Å². The molecule has 0 amide bonds. The molecule has 2 aromatic rings. The normalized spacial score (nSPS) is 27.7. The third-order valence-corrected chi connectivity index (χ3v) is 6.88. The van der Waals surface area contributed by atoms with Gasteiger partial charge in [-0.3, -0.25) is 0 Å². The number of hydrogen-bond acceptors (Lipinski definition) is 6. The molecule has 1 aromatic carbocycles. The second-order valence-electron chi connectivity index (χ2n) is 7.52. The Balaban J connectivity index is 1.93. The number of thiophene rings is 1. The van der Waals surface area contributed by atoms with Crippen molar-refractivity contribution in [3.63, 3.8) is 0 Å². The highest BCUT2D eigenvalue weighted by atomic mass is 32.1. The summed E-state index contributed by atoms with van der Waals surface area (Å²) in [6.07, 6.45) is -1.11. The minimum Gasteiger partial charge on any atom is -0.394 e. The van der Waals surface area contributed by atoms with Gasteiger partial charge < -0.3 is 25.2 Å². The number of benzene rings is 1. The van der Waals surface area contributed by atoms with Gasteiger partial charge in [0.2, 0.25) is 0 Å². The third-order valence-electron chi connectivity index (χ3n) is 5.56. The zero-order valence-corrected chi connectivity index (χ0v) is 18.0. The Kier molecular flexibility index (Phi) is 7.59. The van der Waals surface area contributed by atoms with Crippen LogP contribution in [0.15, 0.2) is 61.7 Å². The van der Waals surface area contributed by atoms with Gasteiger partial charge in [0, 0.05) is 15.7 Å². The monoisotopic (exact) mass is 446 g/mol. The fraction of sp³-hybridized carbons (Fsp3) is 0.333. The summed E-state index contributed by atoms with van der Waals surface area (Å²) in [5, 5.41) is 39.9. The average molecular weight is 447 g/mol. The maximum absolute atomic E-state index is 14.7. The van der Waals surface area contributed by atoms with E-state index in [2.05, 4.69) is 13.2 Å². The van der Waals surface area contributed by atoms with Crippen LogP contribution < -0.4 is 0 Å². The van der Waals surface area contributed by atoms with E-state index in [1.165, 1.54) is 23.5 Å². The highest BCUT2D eigenvalue weighted by Gasteiger charge is 2.44. The van der Waals surface area contributed by atoms with Crippen molar-refractivity contribution >= 4 is 16.9 Å². The molecule has 4 N–H and O–H groups in total. The summed E-state index contributed by atoms with van der Waals surface area (Å²) in [7, 11) is 0. The first-order chi connectivity index (χ1) is 14.8. The standard InChI is InChI=1S/C24H27FO5S/c1-4-6-14(5-2)20-10-9-19(31-20)13(3)16-11-15(7-8-17(16)25)24-23(29)22(28)21(27)18(12-26)30-24/h4-11,13,18,21-24,26-29H,1-2,12H2,3H3. The van der Waals surface area contributed by atoms with E-state index in [0.717, 1.165) is 15.3 Å². The molecule has 0 radical (unpaired) electrons. The summed E-state index contributed by atoms with van der Waals surface area (Å²) in [5.74, 6) is -0.681. The lowest BCUT2D eigenvalue weighted by Crippen LogP contribution is -2.55. The Morgan fingerprint density at radius 2 is 1.90 bits per heavy atom. The number of aliphatic hydroxyl groups is 4. The molecule has 1 fully saturated rings. The van der Waals surface area contributed by atoms with E-state index in [1.54, 1.807) is 18.2 Å². The molecular formula is C24H27FO5S. The van der Waals surface area contributed by atoms with Gasteiger partial charge in [0.15, 0.2) is 0 Å². The molecule has 0 saturated carbocycles. The topological polar surface area (TPSA) is 90.2 Å². The van der Waals surface area contributed by atoms with Crippen molar-refractivity contribution in [1.82, 2.24) is 0 Å². The lowest BCUT2D eigenvalue weighted by Gasteiger charge is -2.40. The molecule has 3 rings (SSSR count). The number of aliphatic hydroxyl groups excluding tert-OH is 4. The fourth-order valence-electron chi connectivity index (χ4n) is 3.72. The molecule has 1 aliphatic rings. The summed E-state index contributed by atoms with van der Waals surface area (Å²) in [6.45, 7) is 8.89. The van der Waals surface area contributed by atoms with Crippen molar-refractivity contribution in [3.8, 4) is 0 Å². The van der Waals surface area contributed by atoms with Crippen molar-refractivity contribution in [3.05, 3.63) is 88.4 Å². The Morgan fingerprint density at radius 3 is 2.55 bits per heavy atom. The molecule has 0 bridgehead atoms. The Bertz CT molecular complexity index is 967. The molecule has 166 valence electrons. The van der Waals surface area contributed by atoms with Crippen LogP contribution in [0, 0.1) is 5.82 Å². The van der Waals surface area contributed by atoms with Crippen LogP contribution in [0.25, 0.3) is 5.57 Å². The van der Waals surface area contributed by atoms with Gasteiger partial charge in [-0.15, -0.1) is 11.3 Å². The van der Waals surface area contributed by atoms with Gasteiger partial charge in [0.1, 0.15) is 36.3 Å². The molecule has 7 heteroatoms. The van der Waals surface area contributed by atoms with Gasteiger partial charge in [0.25, 0.3) is 0 Å². The Morgan fingerprint density at radius 1 is 1.16 bits per heavy atom. The first-order valence-electron chi connectivity index (χ1n) is 9.97. The number of allylic oxidation sites excluding steroid dienone is 4. The minimum atomic E-state index is -1.49. The second-order valence-corrected chi connectivity index (χ2v) is 8.63. The van der Waals surface area contributed by atoms with E-state index < -0.39 is 42.9 Å². The van der Waals surface area contributed by atoms with Crippen LogP contribution in [-0.4, -0.2) is 51.4 Å². The van der Waals surface area contributed by atoms with Crippen molar-refractivity contribution in [2.24, 2.45) is 0 Å². The quantitative estimate of drug-likeness (QED) is 0.490. The minimum absolute atomic E-state index is 0.279. The molecule has 0 spiro atoms. The fourth-order valence-corrected chi connectivity index (χ4v) is 4.82. The predicted octanol–water partition coefficient (Wildman–Crippen LogP) is 3.31. The second kappa shape index (κ2) is 9.99. The van der Waals surface area contributed by atoms with Crippen LogP contribution in [0.2, 0.25) is 0 Å². The predicted molar refractivity (Wildman–Crippen MR) is 119 cm³/mol. The van der Waals surface area contributed by atoms with E-state index in [1.807, 2.05) is 25.1 Å². The first-order valence-corrected chi connectivity index (χ1v) is 10.8. The molecule has 1 aromatic heterocycles. The van der Waals surface area contributed by atoms with E-state index in [4.69, 9.17) is 4.74 Å². The van der Waals surface area contributed by atoms with Gasteiger partial charge in [-0.1, -0.05) is 44.4 Å². The molecule has 2 heterocycles. The number of ether oxygens (including phenoxy) is 1. The van der Waals surface area contributed by atoms with Gasteiger partial charge in [-0.05, 0) is 41.0 Å². The van der Waals surface area contributed by atoms with E-state index in [-0.39, 0.29) is 5.92 Å². The number of hydrogen-bond donors (Lipinski definition) is 4. The third kappa shape index (κ3) is 4.72. The van der Waals surface area contributed by atoms with E-state index in [0.29, 0.717) is 11.1 Å². The molecule has 1 aliphatic heterocycles. The molecule has 5 nitrogen and oxygen atoms in total. The highest BCUT2D eigenvalue weighted by Crippen LogP contribution is 2.38. The summed E-state index contributed by atoms with van der Waals surface area (Å²) < 4.78 is 20.4. The van der Waals surface area contributed by atoms with Crippen molar-refractivity contribution in [2.45, 2.75) is 43.4 Å². The smallest absolute Gasteiger partial charge is 0.127 e. The molecule has 0 aliphatic carbocycles.